The monoisotopic (exact) mass is 398 g/mol. The number of rotatable bonds is 6. The summed E-state index contributed by atoms with van der Waals surface area (Å²) in [5.41, 5.74) is -0.284. The molecule has 0 unspecified atom stereocenters. The second kappa shape index (κ2) is 8.63. The molecule has 0 aromatic heterocycles. The van der Waals surface area contributed by atoms with Gasteiger partial charge in [-0.3, -0.25) is 0 Å². The molecule has 1 fully saturated rings. The van der Waals surface area contributed by atoms with Crippen LogP contribution in [-0.4, -0.2) is 43.1 Å². The Morgan fingerprint density at radius 3 is 2.67 bits per heavy atom. The fraction of sp³-hybridized carbons (Fsp3) is 0.471. The molecule has 1 aliphatic heterocycles. The van der Waals surface area contributed by atoms with Crippen LogP contribution in [0.2, 0.25) is 0 Å². The number of nitrogens with zero attached hydrogens (tertiary/aromatic N) is 1. The Hall–Kier alpha value is -2.24. The number of methoxy groups -OCH3 is 1. The molecule has 2 N–H and O–H groups in total. The van der Waals surface area contributed by atoms with E-state index in [1.807, 2.05) is 6.07 Å². The SMILES string of the molecule is COC(=O)CCNC(=O)[C@@H]1O[PH](O)(Oc2ccc(C#N)cc2)OCC1(C)C. The molecule has 1 aromatic carbocycles. The Kier molecular flexibility index (Phi) is 6.73. The molecule has 0 aliphatic carbocycles. The summed E-state index contributed by atoms with van der Waals surface area (Å²) in [5.74, 6) is -0.674. The molecule has 27 heavy (non-hydrogen) atoms. The fourth-order valence-electron chi connectivity index (χ4n) is 2.39. The van der Waals surface area contributed by atoms with Crippen molar-refractivity contribution in [2.24, 2.45) is 5.41 Å². The normalized spacial score (nSPS) is 21.4. The Morgan fingerprint density at radius 2 is 2.07 bits per heavy atom. The first-order chi connectivity index (χ1) is 12.7. The third-order valence-electron chi connectivity index (χ3n) is 3.93. The molecule has 1 aromatic rings. The van der Waals surface area contributed by atoms with Crippen LogP contribution in [0.5, 0.6) is 5.75 Å². The summed E-state index contributed by atoms with van der Waals surface area (Å²) in [5, 5.41) is 11.4. The van der Waals surface area contributed by atoms with Gasteiger partial charge in [0.15, 0.2) is 0 Å². The molecule has 10 heteroatoms. The van der Waals surface area contributed by atoms with Gasteiger partial charge in [0.2, 0.25) is 0 Å². The molecule has 1 amide bonds. The third kappa shape index (κ3) is 5.62. The molecule has 1 atom stereocenters. The first-order valence-electron chi connectivity index (χ1n) is 8.27. The number of esters is 1. The van der Waals surface area contributed by atoms with Crippen molar-refractivity contribution in [2.45, 2.75) is 26.4 Å². The van der Waals surface area contributed by atoms with Crippen molar-refractivity contribution in [2.75, 3.05) is 20.3 Å². The zero-order valence-corrected chi connectivity index (χ0v) is 16.4. The van der Waals surface area contributed by atoms with Gasteiger partial charge in [0.05, 0.1) is 0 Å². The molecular formula is C17H23N2O7P. The van der Waals surface area contributed by atoms with Crippen LogP contribution < -0.4 is 9.84 Å². The zero-order chi connectivity index (χ0) is 20.1. The van der Waals surface area contributed by atoms with Gasteiger partial charge in [0.1, 0.15) is 0 Å². The van der Waals surface area contributed by atoms with Gasteiger partial charge < -0.3 is 0 Å². The van der Waals surface area contributed by atoms with E-state index in [4.69, 9.17) is 18.8 Å². The summed E-state index contributed by atoms with van der Waals surface area (Å²) in [6.45, 7) is 3.64. The Morgan fingerprint density at radius 1 is 1.41 bits per heavy atom. The number of nitriles is 1. The molecule has 0 saturated carbocycles. The van der Waals surface area contributed by atoms with Crippen molar-refractivity contribution in [1.29, 1.82) is 5.26 Å². The zero-order valence-electron chi connectivity index (χ0n) is 15.4. The van der Waals surface area contributed by atoms with E-state index in [2.05, 4.69) is 10.1 Å². The second-order valence-corrected chi connectivity index (χ2v) is 8.43. The van der Waals surface area contributed by atoms with Crippen LogP contribution >= 0.6 is 8.17 Å². The Labute approximate surface area is 157 Å². The predicted octanol–water partition coefficient (Wildman–Crippen LogP) is 1.46. The summed E-state index contributed by atoms with van der Waals surface area (Å²) in [4.78, 5) is 34.2. The van der Waals surface area contributed by atoms with Crippen molar-refractivity contribution in [1.82, 2.24) is 5.32 Å². The van der Waals surface area contributed by atoms with Crippen LogP contribution in [-0.2, 0) is 23.4 Å². The average Bonchev–Trinajstić information content (AvgIpc) is 2.64. The van der Waals surface area contributed by atoms with Gasteiger partial charge in [-0.05, 0) is 0 Å². The van der Waals surface area contributed by atoms with Gasteiger partial charge in [-0.25, -0.2) is 0 Å². The first kappa shape index (κ1) is 21.1. The first-order valence-corrected chi connectivity index (χ1v) is 9.94. The van der Waals surface area contributed by atoms with Crippen LogP contribution in [0.3, 0.4) is 0 Å². The van der Waals surface area contributed by atoms with E-state index in [9.17, 15) is 14.5 Å². The number of benzene rings is 1. The minimum atomic E-state index is -4.12. The van der Waals surface area contributed by atoms with Gasteiger partial charge >= 0.3 is 157 Å². The second-order valence-electron chi connectivity index (χ2n) is 6.65. The number of hydrogen-bond acceptors (Lipinski definition) is 8. The summed E-state index contributed by atoms with van der Waals surface area (Å²) in [7, 11) is -2.86. The van der Waals surface area contributed by atoms with Crippen LogP contribution in [0.1, 0.15) is 25.8 Å². The predicted molar refractivity (Wildman–Crippen MR) is 96.6 cm³/mol. The maximum atomic E-state index is 12.5. The Balaban J connectivity index is 2.04. The minimum absolute atomic E-state index is 0.0231. The third-order valence-corrected chi connectivity index (χ3v) is 5.46. The summed E-state index contributed by atoms with van der Waals surface area (Å²) in [6, 6.07) is 8.03. The van der Waals surface area contributed by atoms with Gasteiger partial charge in [-0.15, -0.1) is 0 Å². The van der Waals surface area contributed by atoms with Crippen molar-refractivity contribution in [3.63, 3.8) is 0 Å². The van der Waals surface area contributed by atoms with E-state index >= 15 is 0 Å². The van der Waals surface area contributed by atoms with Crippen molar-refractivity contribution < 1.29 is 32.8 Å². The summed E-state index contributed by atoms with van der Waals surface area (Å²) < 4.78 is 20.9. The molecular weight excluding hydrogens is 375 g/mol. The molecule has 9 nitrogen and oxygen atoms in total. The van der Waals surface area contributed by atoms with Crippen LogP contribution in [0.15, 0.2) is 24.3 Å². The van der Waals surface area contributed by atoms with Crippen LogP contribution in [0.4, 0.5) is 0 Å². The molecule has 0 spiro atoms. The number of amides is 1. The van der Waals surface area contributed by atoms with E-state index in [-0.39, 0.29) is 25.3 Å². The number of ether oxygens (including phenoxy) is 1. The van der Waals surface area contributed by atoms with Crippen LogP contribution in [0, 0.1) is 16.7 Å². The topological polar surface area (TPSA) is 127 Å². The Bertz CT molecular complexity index is 732. The van der Waals surface area contributed by atoms with E-state index < -0.39 is 31.6 Å². The molecule has 0 bridgehead atoms. The summed E-state index contributed by atoms with van der Waals surface area (Å²) in [6.07, 6.45) is -1.01. The number of carbonyl (C=O) groups excluding carboxylic acids is 2. The van der Waals surface area contributed by atoms with Gasteiger partial charge in [0, 0.05) is 0 Å². The van der Waals surface area contributed by atoms with E-state index in [0.717, 1.165) is 0 Å². The number of hydrogen-bond donors (Lipinski definition) is 2. The van der Waals surface area contributed by atoms with Crippen molar-refractivity contribution in [3.05, 3.63) is 29.8 Å². The average molecular weight is 398 g/mol. The van der Waals surface area contributed by atoms with Gasteiger partial charge in [-0.1, -0.05) is 0 Å². The molecule has 2 rings (SSSR count). The van der Waals surface area contributed by atoms with Crippen molar-refractivity contribution >= 4 is 20.0 Å². The number of carbonyl (C=O) groups is 2. The van der Waals surface area contributed by atoms with E-state index in [1.165, 1.54) is 31.4 Å². The molecule has 148 valence electrons. The van der Waals surface area contributed by atoms with Crippen LogP contribution in [0.25, 0.3) is 0 Å². The quantitative estimate of drug-likeness (QED) is 0.545. The summed E-state index contributed by atoms with van der Waals surface area (Å²) >= 11 is 0. The maximum absolute atomic E-state index is 12.5. The van der Waals surface area contributed by atoms with Crippen molar-refractivity contribution in [3.8, 4) is 11.8 Å². The molecule has 1 heterocycles. The standard InChI is InChI=1S/C17H23N2O7P/c1-17(2)11-24-27(22,25-13-6-4-12(10-18)5-7-13)26-15(17)16(21)19-9-8-14(20)23-3/h4-7,15,22,27H,8-9,11H2,1-3H3,(H,19,21)/t15-/m0/s1. The fourth-order valence-corrected chi connectivity index (χ4v) is 4.27. The van der Waals surface area contributed by atoms with Gasteiger partial charge in [-0.2, -0.15) is 0 Å². The molecule has 0 radical (unpaired) electrons. The molecule has 1 saturated heterocycles. The van der Waals surface area contributed by atoms with E-state index in [0.29, 0.717) is 5.56 Å². The van der Waals surface area contributed by atoms with E-state index in [1.54, 1.807) is 13.8 Å². The number of nitrogens with one attached hydrogen (secondary N) is 1. The van der Waals surface area contributed by atoms with Gasteiger partial charge in [0.25, 0.3) is 0 Å². The molecule has 1 aliphatic rings.